The second-order valence-corrected chi connectivity index (χ2v) is 9.68. The van der Waals surface area contributed by atoms with Crippen molar-refractivity contribution in [3.63, 3.8) is 0 Å². The van der Waals surface area contributed by atoms with Crippen LogP contribution < -0.4 is 10.6 Å². The third kappa shape index (κ3) is 3.49. The lowest BCUT2D eigenvalue weighted by Gasteiger charge is -2.29. The summed E-state index contributed by atoms with van der Waals surface area (Å²) in [6.45, 7) is 0.767. The van der Waals surface area contributed by atoms with Gasteiger partial charge in [0, 0.05) is 24.9 Å². The molecular formula is C24H29FN2O2. The number of carbonyl (C=O) groups excluding carboxylic acids is 2. The van der Waals surface area contributed by atoms with Gasteiger partial charge in [-0.3, -0.25) is 9.59 Å². The molecule has 1 aromatic rings. The molecule has 154 valence electrons. The average Bonchev–Trinajstić information content (AvgIpc) is 3.24. The molecule has 0 aromatic heterocycles. The minimum Gasteiger partial charge on any atom is -0.356 e. The minimum absolute atomic E-state index is 0.0380. The maximum atomic E-state index is 13.2. The number of hydrogen-bond acceptors (Lipinski definition) is 2. The number of halogens is 1. The standard InChI is InChI=1S/C24H29FN2O2/c25-19-4-1-16(2-5-19)14-23(10-8-22(29)27-23)9-7-21(28)26-15-17-13-18-3-6-20(17)24(18)11-12-24/h1-6,17-18,20H,7-15H2,(H,26,28)(H,27,29)/t17-,18+,20+,23+/m1/s1. The third-order valence-electron chi connectivity index (χ3n) is 7.93. The largest absolute Gasteiger partial charge is 0.356 e. The number of allylic oxidation sites excluding steroid dienone is 2. The molecule has 3 aliphatic carbocycles. The van der Waals surface area contributed by atoms with Crippen LogP contribution in [0.5, 0.6) is 0 Å². The Balaban J connectivity index is 1.15. The zero-order chi connectivity index (χ0) is 20.1. The van der Waals surface area contributed by atoms with Gasteiger partial charge in [-0.2, -0.15) is 0 Å². The van der Waals surface area contributed by atoms with Crippen LogP contribution in [0.3, 0.4) is 0 Å². The van der Waals surface area contributed by atoms with Crippen LogP contribution in [0.2, 0.25) is 0 Å². The van der Waals surface area contributed by atoms with Crippen LogP contribution in [0.15, 0.2) is 36.4 Å². The average molecular weight is 397 g/mol. The summed E-state index contributed by atoms with van der Waals surface area (Å²) in [7, 11) is 0. The Morgan fingerprint density at radius 1 is 1.17 bits per heavy atom. The Hall–Kier alpha value is -2.17. The molecule has 1 saturated heterocycles. The van der Waals surface area contributed by atoms with Gasteiger partial charge in [-0.05, 0) is 79.4 Å². The van der Waals surface area contributed by atoms with E-state index in [2.05, 4.69) is 22.8 Å². The summed E-state index contributed by atoms with van der Waals surface area (Å²) in [5.74, 6) is 1.82. The van der Waals surface area contributed by atoms with Gasteiger partial charge in [0.05, 0.1) is 0 Å². The predicted molar refractivity (Wildman–Crippen MR) is 108 cm³/mol. The van der Waals surface area contributed by atoms with Gasteiger partial charge in [-0.15, -0.1) is 0 Å². The van der Waals surface area contributed by atoms with Gasteiger partial charge in [0.25, 0.3) is 0 Å². The molecule has 2 N–H and O–H groups in total. The summed E-state index contributed by atoms with van der Waals surface area (Å²) in [5, 5.41) is 6.27. The monoisotopic (exact) mass is 396 g/mol. The number of rotatable bonds is 7. The summed E-state index contributed by atoms with van der Waals surface area (Å²) < 4.78 is 13.2. The van der Waals surface area contributed by atoms with Crippen molar-refractivity contribution in [2.24, 2.45) is 23.2 Å². The fourth-order valence-corrected chi connectivity index (χ4v) is 6.22. The van der Waals surface area contributed by atoms with E-state index in [0.717, 1.165) is 24.4 Å². The van der Waals surface area contributed by atoms with E-state index in [0.29, 0.717) is 42.9 Å². The topological polar surface area (TPSA) is 58.2 Å². The summed E-state index contributed by atoms with van der Waals surface area (Å²) >= 11 is 0. The van der Waals surface area contributed by atoms with Crippen molar-refractivity contribution < 1.29 is 14.0 Å². The molecule has 4 aliphatic rings. The van der Waals surface area contributed by atoms with E-state index in [1.165, 1.54) is 31.4 Å². The fourth-order valence-electron chi connectivity index (χ4n) is 6.22. The highest BCUT2D eigenvalue weighted by Gasteiger charge is 2.62. The van der Waals surface area contributed by atoms with Crippen LogP contribution in [0.25, 0.3) is 0 Å². The van der Waals surface area contributed by atoms with Crippen LogP contribution in [0.4, 0.5) is 4.39 Å². The number of nitrogens with one attached hydrogen (secondary N) is 2. The van der Waals surface area contributed by atoms with Crippen molar-refractivity contribution in [3.05, 3.63) is 47.8 Å². The smallest absolute Gasteiger partial charge is 0.220 e. The maximum Gasteiger partial charge on any atom is 0.220 e. The zero-order valence-electron chi connectivity index (χ0n) is 16.8. The number of benzene rings is 1. The van der Waals surface area contributed by atoms with Gasteiger partial charge in [0.15, 0.2) is 0 Å². The van der Waals surface area contributed by atoms with Crippen LogP contribution >= 0.6 is 0 Å². The van der Waals surface area contributed by atoms with Crippen LogP contribution in [-0.4, -0.2) is 23.9 Å². The summed E-state index contributed by atoms with van der Waals surface area (Å²) in [6.07, 6.45) is 11.6. The van der Waals surface area contributed by atoms with Crippen molar-refractivity contribution >= 4 is 11.8 Å². The first kappa shape index (κ1) is 18.8. The Morgan fingerprint density at radius 2 is 1.97 bits per heavy atom. The summed E-state index contributed by atoms with van der Waals surface area (Å²) in [5.41, 5.74) is 1.14. The molecule has 2 saturated carbocycles. The first-order valence-corrected chi connectivity index (χ1v) is 11.0. The second kappa shape index (κ2) is 6.96. The van der Waals surface area contributed by atoms with Crippen LogP contribution in [-0.2, 0) is 16.0 Å². The number of amides is 2. The lowest BCUT2D eigenvalue weighted by atomic mass is 9.85. The first-order chi connectivity index (χ1) is 14.0. The molecule has 1 aromatic carbocycles. The van der Waals surface area contributed by atoms with E-state index in [1.54, 1.807) is 12.1 Å². The molecule has 5 heteroatoms. The maximum absolute atomic E-state index is 13.2. The van der Waals surface area contributed by atoms with E-state index < -0.39 is 5.54 Å². The lowest BCUT2D eigenvalue weighted by Crippen LogP contribution is -2.44. The highest BCUT2D eigenvalue weighted by atomic mass is 19.1. The molecule has 0 radical (unpaired) electrons. The van der Waals surface area contributed by atoms with E-state index in [4.69, 9.17) is 0 Å². The van der Waals surface area contributed by atoms with Gasteiger partial charge < -0.3 is 10.6 Å². The molecule has 29 heavy (non-hydrogen) atoms. The van der Waals surface area contributed by atoms with Crippen molar-refractivity contribution in [1.29, 1.82) is 0 Å². The van der Waals surface area contributed by atoms with E-state index >= 15 is 0 Å². The van der Waals surface area contributed by atoms with Crippen molar-refractivity contribution in [2.45, 2.75) is 56.9 Å². The quantitative estimate of drug-likeness (QED) is 0.693. The molecule has 1 heterocycles. The molecule has 0 unspecified atom stereocenters. The Labute approximate surface area is 171 Å². The van der Waals surface area contributed by atoms with Crippen LogP contribution in [0.1, 0.15) is 50.5 Å². The van der Waals surface area contributed by atoms with Crippen molar-refractivity contribution in [2.75, 3.05) is 6.54 Å². The number of hydrogen-bond donors (Lipinski definition) is 2. The van der Waals surface area contributed by atoms with Gasteiger partial charge in [0.2, 0.25) is 11.8 Å². The second-order valence-electron chi connectivity index (χ2n) is 9.68. The van der Waals surface area contributed by atoms with Gasteiger partial charge >= 0.3 is 0 Å². The first-order valence-electron chi connectivity index (χ1n) is 11.0. The zero-order valence-corrected chi connectivity index (χ0v) is 16.8. The molecule has 1 spiro atoms. The van der Waals surface area contributed by atoms with E-state index in [1.807, 2.05) is 0 Å². The Bertz CT molecular complexity index is 845. The third-order valence-corrected chi connectivity index (χ3v) is 7.93. The van der Waals surface area contributed by atoms with Crippen LogP contribution in [0, 0.1) is 29.0 Å². The molecular weight excluding hydrogens is 367 g/mol. The Kier molecular flexibility index (Phi) is 4.52. The highest BCUT2D eigenvalue weighted by Crippen LogP contribution is 2.69. The van der Waals surface area contributed by atoms with Crippen molar-refractivity contribution in [3.8, 4) is 0 Å². The van der Waals surface area contributed by atoms with Gasteiger partial charge in [-0.1, -0.05) is 24.3 Å². The predicted octanol–water partition coefficient (Wildman–Crippen LogP) is 3.52. The molecule has 2 amide bonds. The molecule has 5 rings (SSSR count). The minimum atomic E-state index is -0.403. The number of carbonyl (C=O) groups is 2. The molecule has 1 aliphatic heterocycles. The van der Waals surface area contributed by atoms with Gasteiger partial charge in [-0.25, -0.2) is 4.39 Å². The van der Waals surface area contributed by atoms with Gasteiger partial charge in [0.1, 0.15) is 5.82 Å². The SMILES string of the molecule is O=C(CC[C@@]1(Cc2ccc(F)cc2)CCC(=O)N1)NC[C@H]1C[C@@H]2C=C[C@@H]1C21CC1. The summed E-state index contributed by atoms with van der Waals surface area (Å²) in [6, 6.07) is 6.42. The molecule has 3 fully saturated rings. The molecule has 2 bridgehead atoms. The van der Waals surface area contributed by atoms with Crippen molar-refractivity contribution in [1.82, 2.24) is 10.6 Å². The summed E-state index contributed by atoms with van der Waals surface area (Å²) in [4.78, 5) is 24.5. The van der Waals surface area contributed by atoms with E-state index in [9.17, 15) is 14.0 Å². The highest BCUT2D eigenvalue weighted by molar-refractivity contribution is 5.80. The molecule has 4 atom stereocenters. The lowest BCUT2D eigenvalue weighted by molar-refractivity contribution is -0.123. The Morgan fingerprint density at radius 3 is 2.62 bits per heavy atom. The normalized spacial score (nSPS) is 33.3. The fraction of sp³-hybridized carbons (Fsp3) is 0.583. The molecule has 4 nitrogen and oxygen atoms in total. The van der Waals surface area contributed by atoms with E-state index in [-0.39, 0.29) is 17.6 Å².